The summed E-state index contributed by atoms with van der Waals surface area (Å²) in [5.74, 6) is -1.27. The minimum atomic E-state index is -0.967. The Bertz CT molecular complexity index is 797. The molecule has 0 radical (unpaired) electrons. The number of amides is 1. The van der Waals surface area contributed by atoms with Crippen molar-refractivity contribution in [2.75, 3.05) is 20.5 Å². The molecule has 0 aliphatic heterocycles. The monoisotopic (exact) mass is 468 g/mol. The summed E-state index contributed by atoms with van der Waals surface area (Å²) in [6, 6.07) is 0.522. The molecule has 1 aromatic rings. The summed E-state index contributed by atoms with van der Waals surface area (Å²) < 4.78 is 26.8. The van der Waals surface area contributed by atoms with Gasteiger partial charge < -0.3 is 29.0 Å². The van der Waals surface area contributed by atoms with Gasteiger partial charge in [-0.15, -0.1) is 0 Å². The van der Waals surface area contributed by atoms with Crippen LogP contribution in [0.5, 0.6) is 11.5 Å². The molecule has 0 aromatic carbocycles. The Hall–Kier alpha value is -2.88. The van der Waals surface area contributed by atoms with E-state index in [0.29, 0.717) is 12.5 Å². The van der Waals surface area contributed by atoms with Crippen molar-refractivity contribution in [1.29, 1.82) is 0 Å². The third-order valence-electron chi connectivity index (χ3n) is 4.53. The molecule has 0 aliphatic rings. The summed E-state index contributed by atoms with van der Waals surface area (Å²) in [6.07, 6.45) is 0.576. The number of carbonyl (C=O) groups is 3. The Labute approximate surface area is 195 Å². The Morgan fingerprint density at radius 2 is 1.76 bits per heavy atom. The minimum absolute atomic E-state index is 0.0142. The first-order valence-corrected chi connectivity index (χ1v) is 10.9. The molecule has 10 heteroatoms. The van der Waals surface area contributed by atoms with Crippen LogP contribution < -0.4 is 14.8 Å². The van der Waals surface area contributed by atoms with E-state index in [2.05, 4.69) is 10.3 Å². The summed E-state index contributed by atoms with van der Waals surface area (Å²) in [6.45, 7) is 12.7. The maximum atomic E-state index is 12.8. The van der Waals surface area contributed by atoms with Crippen LogP contribution in [0.1, 0.15) is 59.0 Å². The fraction of sp³-hybridized carbons (Fsp3) is 0.652. The molecule has 0 spiro atoms. The smallest absolute Gasteiger partial charge is 0.328 e. The summed E-state index contributed by atoms with van der Waals surface area (Å²) in [5.41, 5.74) is -0.129. The second-order valence-electron chi connectivity index (χ2n) is 8.36. The van der Waals surface area contributed by atoms with E-state index in [1.54, 1.807) is 0 Å². The fourth-order valence-electron chi connectivity index (χ4n) is 2.84. The number of hydrogen-bond acceptors (Lipinski definition) is 9. The Morgan fingerprint density at radius 3 is 2.30 bits per heavy atom. The highest BCUT2D eigenvalue weighted by Crippen LogP contribution is 2.29. The number of esters is 2. The molecule has 0 unspecified atom stereocenters. The molecule has 1 aromatic heterocycles. The van der Waals surface area contributed by atoms with Crippen molar-refractivity contribution in [2.24, 2.45) is 11.8 Å². The van der Waals surface area contributed by atoms with Gasteiger partial charge in [-0.2, -0.15) is 0 Å². The van der Waals surface area contributed by atoms with E-state index in [9.17, 15) is 14.4 Å². The summed E-state index contributed by atoms with van der Waals surface area (Å²) in [4.78, 5) is 40.5. The van der Waals surface area contributed by atoms with Crippen LogP contribution in [-0.2, 0) is 23.8 Å². The Kier molecular flexibility index (Phi) is 11.6. The topological polar surface area (TPSA) is 122 Å². The van der Waals surface area contributed by atoms with Gasteiger partial charge in [-0.25, -0.2) is 9.78 Å². The normalized spacial score (nSPS) is 13.8. The first kappa shape index (κ1) is 28.2. The zero-order chi connectivity index (χ0) is 25.1. The van der Waals surface area contributed by atoms with E-state index in [1.807, 2.05) is 34.6 Å². The fourth-order valence-corrected chi connectivity index (χ4v) is 2.84. The van der Waals surface area contributed by atoms with Gasteiger partial charge in [0.15, 0.2) is 17.2 Å². The quantitative estimate of drug-likeness (QED) is 0.344. The number of nitrogens with one attached hydrogen (secondary N) is 1. The zero-order valence-electron chi connectivity index (χ0n) is 20.7. The van der Waals surface area contributed by atoms with Gasteiger partial charge in [-0.3, -0.25) is 9.59 Å². The summed E-state index contributed by atoms with van der Waals surface area (Å²) >= 11 is 0. The molecular weight excluding hydrogens is 432 g/mol. The molecule has 1 amide bonds. The molecule has 0 fully saturated rings. The summed E-state index contributed by atoms with van der Waals surface area (Å²) in [5, 5.41) is 2.56. The molecule has 0 saturated carbocycles. The molecule has 3 atom stereocenters. The van der Waals surface area contributed by atoms with Gasteiger partial charge in [0.05, 0.1) is 13.2 Å². The van der Waals surface area contributed by atoms with Crippen molar-refractivity contribution in [3.63, 3.8) is 0 Å². The van der Waals surface area contributed by atoms with Crippen LogP contribution in [0.2, 0.25) is 0 Å². The largest absolute Gasteiger partial charge is 0.493 e. The predicted octanol–water partition coefficient (Wildman–Crippen LogP) is 2.74. The van der Waals surface area contributed by atoms with Gasteiger partial charge in [-0.1, -0.05) is 27.7 Å². The average Bonchev–Trinajstić information content (AvgIpc) is 2.74. The lowest BCUT2D eigenvalue weighted by Gasteiger charge is -2.29. The Morgan fingerprint density at radius 1 is 1.09 bits per heavy atom. The lowest BCUT2D eigenvalue weighted by Crippen LogP contribution is -2.44. The van der Waals surface area contributed by atoms with E-state index < -0.39 is 36.8 Å². The molecular formula is C23H36N2O8. The zero-order valence-corrected chi connectivity index (χ0v) is 20.7. The van der Waals surface area contributed by atoms with E-state index in [4.69, 9.17) is 23.7 Å². The van der Waals surface area contributed by atoms with Crippen molar-refractivity contribution in [1.82, 2.24) is 10.3 Å². The van der Waals surface area contributed by atoms with Crippen LogP contribution in [-0.4, -0.2) is 61.6 Å². The van der Waals surface area contributed by atoms with Gasteiger partial charge in [-0.05, 0) is 25.7 Å². The molecule has 1 rings (SSSR count). The van der Waals surface area contributed by atoms with Gasteiger partial charge in [0.2, 0.25) is 6.79 Å². The molecule has 0 saturated heterocycles. The first-order chi connectivity index (χ1) is 15.5. The lowest BCUT2D eigenvalue weighted by molar-refractivity contribution is -0.163. The van der Waals surface area contributed by atoms with Crippen LogP contribution in [0.4, 0.5) is 0 Å². The van der Waals surface area contributed by atoms with E-state index in [1.165, 1.54) is 33.2 Å². The highest BCUT2D eigenvalue weighted by molar-refractivity contribution is 5.98. The van der Waals surface area contributed by atoms with Crippen molar-refractivity contribution < 1.29 is 38.1 Å². The van der Waals surface area contributed by atoms with Crippen LogP contribution in [0.15, 0.2) is 12.3 Å². The van der Waals surface area contributed by atoms with Crippen LogP contribution in [0.25, 0.3) is 0 Å². The number of rotatable bonds is 13. The second kappa shape index (κ2) is 13.6. The predicted molar refractivity (Wildman–Crippen MR) is 120 cm³/mol. The number of ether oxygens (including phenoxy) is 5. The first-order valence-electron chi connectivity index (χ1n) is 10.9. The van der Waals surface area contributed by atoms with Crippen molar-refractivity contribution >= 4 is 17.8 Å². The summed E-state index contributed by atoms with van der Waals surface area (Å²) in [7, 11) is 1.39. The average molecular weight is 469 g/mol. The van der Waals surface area contributed by atoms with Gasteiger partial charge >= 0.3 is 11.9 Å². The molecule has 186 valence electrons. The highest BCUT2D eigenvalue weighted by Gasteiger charge is 2.30. The van der Waals surface area contributed by atoms with Crippen molar-refractivity contribution in [3.05, 3.63) is 18.0 Å². The van der Waals surface area contributed by atoms with Gasteiger partial charge in [0, 0.05) is 25.8 Å². The molecule has 1 N–H and O–H groups in total. The van der Waals surface area contributed by atoms with Crippen LogP contribution in [0.3, 0.4) is 0 Å². The standard InChI is InChI=1S/C23H36N2O8/c1-13(2)11-30-16(6)20(14(3)4)33-23(28)15(5)25-22(27)19-21(32-12-31-17(7)26)18(29-8)9-10-24-19/h9-10,13-16,20H,11-12H2,1-8H3,(H,25,27)/t15-,16-,20+/m0/s1. The maximum absolute atomic E-state index is 12.8. The number of carbonyl (C=O) groups excluding carboxylic acids is 3. The van der Waals surface area contributed by atoms with Gasteiger partial charge in [0.1, 0.15) is 12.1 Å². The van der Waals surface area contributed by atoms with Crippen LogP contribution in [0, 0.1) is 11.8 Å². The molecule has 0 aliphatic carbocycles. The third-order valence-corrected chi connectivity index (χ3v) is 4.53. The van der Waals surface area contributed by atoms with E-state index in [-0.39, 0.29) is 29.2 Å². The van der Waals surface area contributed by atoms with Crippen molar-refractivity contribution in [2.45, 2.75) is 66.7 Å². The van der Waals surface area contributed by atoms with Gasteiger partial charge in [0.25, 0.3) is 5.91 Å². The van der Waals surface area contributed by atoms with Crippen LogP contribution >= 0.6 is 0 Å². The lowest BCUT2D eigenvalue weighted by atomic mass is 10.0. The molecule has 1 heterocycles. The van der Waals surface area contributed by atoms with Crippen molar-refractivity contribution in [3.8, 4) is 11.5 Å². The highest BCUT2D eigenvalue weighted by atomic mass is 16.7. The number of nitrogens with zero attached hydrogens (tertiary/aromatic N) is 1. The number of pyridine rings is 1. The molecule has 0 bridgehead atoms. The second-order valence-corrected chi connectivity index (χ2v) is 8.36. The van der Waals surface area contributed by atoms with E-state index >= 15 is 0 Å². The molecule has 33 heavy (non-hydrogen) atoms. The SMILES string of the molecule is COc1ccnc(C(=O)N[C@@H](C)C(=O)O[C@H](C(C)C)[C@H](C)OCC(C)C)c1OCOC(C)=O. The third kappa shape index (κ3) is 9.25. The number of aromatic nitrogens is 1. The number of methoxy groups -OCH3 is 1. The van der Waals surface area contributed by atoms with E-state index in [0.717, 1.165) is 0 Å². The molecule has 10 nitrogen and oxygen atoms in total. The Balaban J connectivity index is 2.89. The number of hydrogen-bond donors (Lipinski definition) is 1. The minimum Gasteiger partial charge on any atom is -0.493 e. The maximum Gasteiger partial charge on any atom is 0.328 e.